The molecular weight excluding hydrogens is 340 g/mol. The maximum absolute atomic E-state index is 12.8. The maximum atomic E-state index is 12.8. The third kappa shape index (κ3) is 4.04. The molecule has 5 nitrogen and oxygen atoms in total. The Morgan fingerprint density at radius 3 is 2.88 bits per heavy atom. The van der Waals surface area contributed by atoms with Crippen LogP contribution in [0.4, 0.5) is 0 Å². The lowest BCUT2D eigenvalue weighted by molar-refractivity contribution is -0.133. The van der Waals surface area contributed by atoms with E-state index in [1.807, 2.05) is 29.2 Å². The molecule has 2 aromatic rings. The fourth-order valence-electron chi connectivity index (χ4n) is 3.24. The van der Waals surface area contributed by atoms with Crippen molar-refractivity contribution >= 4 is 23.4 Å². The first-order valence-corrected chi connectivity index (χ1v) is 8.81. The average molecular weight is 361 g/mol. The molecule has 0 spiro atoms. The maximum Gasteiger partial charge on any atom is 0.255 e. The molecular formula is C19H21ClN2O3. The summed E-state index contributed by atoms with van der Waals surface area (Å²) < 4.78 is 4.90. The van der Waals surface area contributed by atoms with Gasteiger partial charge in [-0.2, -0.15) is 0 Å². The second-order valence-electron chi connectivity index (χ2n) is 6.33. The fourth-order valence-corrected chi connectivity index (χ4v) is 3.45. The number of amides is 2. The molecule has 0 bridgehead atoms. The Kier molecular flexibility index (Phi) is 5.43. The van der Waals surface area contributed by atoms with E-state index in [-0.39, 0.29) is 17.9 Å². The van der Waals surface area contributed by atoms with Crippen molar-refractivity contribution in [1.29, 1.82) is 0 Å². The van der Waals surface area contributed by atoms with Crippen molar-refractivity contribution in [2.75, 3.05) is 6.54 Å². The van der Waals surface area contributed by atoms with Gasteiger partial charge in [-0.3, -0.25) is 9.59 Å². The number of furan rings is 1. The molecule has 25 heavy (non-hydrogen) atoms. The minimum Gasteiger partial charge on any atom is -0.472 e. The highest BCUT2D eigenvalue weighted by Crippen LogP contribution is 2.25. The first-order valence-electron chi connectivity index (χ1n) is 8.43. The van der Waals surface area contributed by atoms with Gasteiger partial charge in [-0.15, -0.1) is 0 Å². The minimum absolute atomic E-state index is 0.0635. The van der Waals surface area contributed by atoms with Crippen molar-refractivity contribution in [3.05, 3.63) is 59.0 Å². The molecule has 0 radical (unpaired) electrons. The summed E-state index contributed by atoms with van der Waals surface area (Å²) in [5, 5.41) is 3.46. The molecule has 6 heteroatoms. The summed E-state index contributed by atoms with van der Waals surface area (Å²) in [6.45, 7) is 2.42. The standard InChI is InChI=1S/C19H21ClN2O3/c1-13(21-18(23)15-8-10-25-12-15)19(24)22-9-4-6-16(22)11-14-5-2-3-7-17(14)20/h2-3,5,7-8,10,12-13,16H,4,6,9,11H2,1H3,(H,21,23). The molecule has 1 saturated heterocycles. The lowest BCUT2D eigenvalue weighted by Gasteiger charge is -2.28. The van der Waals surface area contributed by atoms with Crippen molar-refractivity contribution in [1.82, 2.24) is 10.2 Å². The summed E-state index contributed by atoms with van der Waals surface area (Å²) >= 11 is 6.25. The van der Waals surface area contributed by atoms with Crippen LogP contribution in [-0.2, 0) is 11.2 Å². The van der Waals surface area contributed by atoms with Gasteiger partial charge in [0.05, 0.1) is 11.8 Å². The number of carbonyl (C=O) groups excluding carboxylic acids is 2. The summed E-state index contributed by atoms with van der Waals surface area (Å²) in [5.74, 6) is -0.372. The van der Waals surface area contributed by atoms with Crippen LogP contribution in [0.5, 0.6) is 0 Å². The molecule has 1 aromatic heterocycles. The van der Waals surface area contributed by atoms with Crippen molar-refractivity contribution in [3.63, 3.8) is 0 Å². The number of likely N-dealkylation sites (tertiary alicyclic amines) is 1. The third-order valence-corrected chi connectivity index (χ3v) is 4.94. The molecule has 132 valence electrons. The van der Waals surface area contributed by atoms with E-state index in [0.717, 1.165) is 29.8 Å². The monoisotopic (exact) mass is 360 g/mol. The van der Waals surface area contributed by atoms with Crippen LogP contribution >= 0.6 is 11.6 Å². The van der Waals surface area contributed by atoms with Gasteiger partial charge < -0.3 is 14.6 Å². The highest BCUT2D eigenvalue weighted by atomic mass is 35.5. The average Bonchev–Trinajstić information content (AvgIpc) is 3.27. The summed E-state index contributed by atoms with van der Waals surface area (Å²) in [6.07, 6.45) is 5.43. The number of rotatable bonds is 5. The lowest BCUT2D eigenvalue weighted by atomic mass is 10.0. The summed E-state index contributed by atoms with van der Waals surface area (Å²) in [4.78, 5) is 26.7. The van der Waals surface area contributed by atoms with Crippen LogP contribution in [0.25, 0.3) is 0 Å². The first-order chi connectivity index (χ1) is 12.1. The SMILES string of the molecule is CC(NC(=O)c1ccoc1)C(=O)N1CCCC1Cc1ccccc1Cl. The van der Waals surface area contributed by atoms with Gasteiger partial charge in [0.25, 0.3) is 5.91 Å². The van der Waals surface area contributed by atoms with Crippen LogP contribution in [0.1, 0.15) is 35.7 Å². The smallest absolute Gasteiger partial charge is 0.255 e. The van der Waals surface area contributed by atoms with Crippen LogP contribution in [0, 0.1) is 0 Å². The molecule has 2 unspecified atom stereocenters. The second kappa shape index (κ2) is 7.74. The lowest BCUT2D eigenvalue weighted by Crippen LogP contribution is -2.49. The van der Waals surface area contributed by atoms with Gasteiger partial charge in [-0.25, -0.2) is 0 Å². The van der Waals surface area contributed by atoms with Crippen LogP contribution in [-0.4, -0.2) is 35.3 Å². The van der Waals surface area contributed by atoms with Crippen LogP contribution in [0.3, 0.4) is 0 Å². The largest absolute Gasteiger partial charge is 0.472 e. The van der Waals surface area contributed by atoms with Crippen molar-refractivity contribution in [2.45, 2.75) is 38.3 Å². The molecule has 2 amide bonds. The predicted octanol–water partition coefficient (Wildman–Crippen LogP) is 3.29. The molecule has 2 atom stereocenters. The van der Waals surface area contributed by atoms with E-state index in [9.17, 15) is 9.59 Å². The first kappa shape index (κ1) is 17.5. The van der Waals surface area contributed by atoms with Crippen molar-refractivity contribution < 1.29 is 14.0 Å². The molecule has 2 heterocycles. The van der Waals surface area contributed by atoms with Gasteiger partial charge in [0, 0.05) is 17.6 Å². The predicted molar refractivity (Wildman–Crippen MR) is 95.5 cm³/mol. The van der Waals surface area contributed by atoms with Crippen LogP contribution in [0.15, 0.2) is 47.3 Å². The Morgan fingerprint density at radius 2 is 2.16 bits per heavy atom. The number of nitrogens with zero attached hydrogens (tertiary/aromatic N) is 1. The second-order valence-corrected chi connectivity index (χ2v) is 6.74. The van der Waals surface area contributed by atoms with Gasteiger partial charge in [-0.1, -0.05) is 29.8 Å². The van der Waals surface area contributed by atoms with Gasteiger partial charge in [0.1, 0.15) is 12.3 Å². The zero-order valence-corrected chi connectivity index (χ0v) is 14.8. The van der Waals surface area contributed by atoms with Crippen molar-refractivity contribution in [2.24, 2.45) is 0 Å². The number of hydrogen-bond acceptors (Lipinski definition) is 3. The van der Waals surface area contributed by atoms with Gasteiger partial charge in [0.15, 0.2) is 0 Å². The third-order valence-electron chi connectivity index (χ3n) is 4.57. The van der Waals surface area contributed by atoms with E-state index in [2.05, 4.69) is 5.32 Å². The Labute approximate surface area is 151 Å². The number of nitrogens with one attached hydrogen (secondary N) is 1. The van der Waals surface area contributed by atoms with E-state index < -0.39 is 6.04 Å². The minimum atomic E-state index is -0.589. The fraction of sp³-hybridized carbons (Fsp3) is 0.368. The van der Waals surface area contributed by atoms with Gasteiger partial charge in [0.2, 0.25) is 5.91 Å². The highest BCUT2D eigenvalue weighted by Gasteiger charge is 2.32. The number of carbonyl (C=O) groups is 2. The number of hydrogen-bond donors (Lipinski definition) is 1. The summed E-state index contributed by atoms with van der Waals surface area (Å²) in [5.41, 5.74) is 1.46. The molecule has 3 rings (SSSR count). The van der Waals surface area contributed by atoms with Gasteiger partial charge in [-0.05, 0) is 43.9 Å². The number of halogens is 1. The van der Waals surface area contributed by atoms with Crippen LogP contribution < -0.4 is 5.32 Å². The van der Waals surface area contributed by atoms with Crippen LogP contribution in [0.2, 0.25) is 5.02 Å². The Hall–Kier alpha value is -2.27. The highest BCUT2D eigenvalue weighted by molar-refractivity contribution is 6.31. The van der Waals surface area contributed by atoms with E-state index >= 15 is 0 Å². The molecule has 0 saturated carbocycles. The Bertz CT molecular complexity index is 745. The van der Waals surface area contributed by atoms with E-state index in [0.29, 0.717) is 12.1 Å². The molecule has 1 N–H and O–H groups in total. The Balaban J connectivity index is 1.64. The molecule has 1 aliphatic heterocycles. The zero-order valence-electron chi connectivity index (χ0n) is 14.1. The van der Waals surface area contributed by atoms with E-state index in [1.54, 1.807) is 13.0 Å². The Morgan fingerprint density at radius 1 is 1.36 bits per heavy atom. The zero-order chi connectivity index (χ0) is 17.8. The topological polar surface area (TPSA) is 62.6 Å². The van der Waals surface area contributed by atoms with E-state index in [1.165, 1.54) is 12.5 Å². The van der Waals surface area contributed by atoms with Crippen molar-refractivity contribution in [3.8, 4) is 0 Å². The number of benzene rings is 1. The molecule has 1 fully saturated rings. The molecule has 1 aliphatic rings. The quantitative estimate of drug-likeness (QED) is 0.890. The summed E-state index contributed by atoms with van der Waals surface area (Å²) in [6, 6.07) is 8.81. The normalized spacial score (nSPS) is 18.2. The molecule has 1 aromatic carbocycles. The van der Waals surface area contributed by atoms with E-state index in [4.69, 9.17) is 16.0 Å². The van der Waals surface area contributed by atoms with Gasteiger partial charge >= 0.3 is 0 Å². The molecule has 0 aliphatic carbocycles. The summed E-state index contributed by atoms with van der Waals surface area (Å²) in [7, 11) is 0.